The van der Waals surface area contributed by atoms with Gasteiger partial charge in [-0.25, -0.2) is 4.68 Å². The van der Waals surface area contributed by atoms with Crippen LogP contribution in [0, 0.1) is 0 Å². The molecule has 0 bridgehead atoms. The van der Waals surface area contributed by atoms with E-state index in [9.17, 15) is 4.79 Å². The van der Waals surface area contributed by atoms with E-state index in [4.69, 9.17) is 0 Å². The van der Waals surface area contributed by atoms with E-state index in [0.29, 0.717) is 11.7 Å². The zero-order valence-electron chi connectivity index (χ0n) is 12.3. The minimum atomic E-state index is -0.0379. The molecule has 0 spiro atoms. The third kappa shape index (κ3) is 2.96. The Balaban J connectivity index is 1.74. The lowest BCUT2D eigenvalue weighted by Gasteiger charge is -2.30. The van der Waals surface area contributed by atoms with E-state index < -0.39 is 0 Å². The van der Waals surface area contributed by atoms with Crippen molar-refractivity contribution in [1.82, 2.24) is 19.9 Å². The molecule has 0 saturated heterocycles. The van der Waals surface area contributed by atoms with Crippen molar-refractivity contribution in [2.45, 2.75) is 38.1 Å². The summed E-state index contributed by atoms with van der Waals surface area (Å²) >= 11 is 0. The van der Waals surface area contributed by atoms with Crippen molar-refractivity contribution in [3.8, 4) is 5.69 Å². The van der Waals surface area contributed by atoms with Gasteiger partial charge in [0.15, 0.2) is 5.69 Å². The van der Waals surface area contributed by atoms with Gasteiger partial charge in [0.2, 0.25) is 0 Å². The zero-order chi connectivity index (χ0) is 14.7. The van der Waals surface area contributed by atoms with Gasteiger partial charge in [-0.3, -0.25) is 4.79 Å². The van der Waals surface area contributed by atoms with Crippen molar-refractivity contribution in [1.29, 1.82) is 0 Å². The van der Waals surface area contributed by atoms with E-state index in [0.717, 1.165) is 18.5 Å². The fraction of sp³-hybridized carbons (Fsp3) is 0.438. The average Bonchev–Trinajstić information content (AvgIpc) is 3.05. The third-order valence-electron chi connectivity index (χ3n) is 4.18. The van der Waals surface area contributed by atoms with Crippen LogP contribution in [0.1, 0.15) is 42.6 Å². The molecule has 5 nitrogen and oxygen atoms in total. The van der Waals surface area contributed by atoms with Crippen LogP contribution >= 0.6 is 0 Å². The van der Waals surface area contributed by atoms with Crippen LogP contribution in [0.3, 0.4) is 0 Å². The predicted molar refractivity (Wildman–Crippen MR) is 80.3 cm³/mol. The summed E-state index contributed by atoms with van der Waals surface area (Å²) in [5, 5.41) is 8.08. The van der Waals surface area contributed by atoms with Gasteiger partial charge in [-0.15, -0.1) is 5.10 Å². The second-order valence-electron chi connectivity index (χ2n) is 5.59. The SMILES string of the molecule is CN(C(=O)c1cn(-c2ccccc2)nn1)C1CCCCC1. The monoisotopic (exact) mass is 284 g/mol. The van der Waals surface area contributed by atoms with Crippen molar-refractivity contribution >= 4 is 5.91 Å². The molecule has 1 fully saturated rings. The normalized spacial score (nSPS) is 15.9. The standard InChI is InChI=1S/C16H20N4O/c1-19(13-8-4-2-5-9-13)16(21)15-12-20(18-17-15)14-10-6-3-7-11-14/h3,6-7,10-13H,2,4-5,8-9H2,1H3. The van der Waals surface area contributed by atoms with Crippen molar-refractivity contribution in [2.24, 2.45) is 0 Å². The van der Waals surface area contributed by atoms with Crippen LogP contribution < -0.4 is 0 Å². The Morgan fingerprint density at radius 2 is 1.90 bits per heavy atom. The number of aromatic nitrogens is 3. The van der Waals surface area contributed by atoms with Crippen molar-refractivity contribution in [3.05, 3.63) is 42.2 Å². The number of hydrogen-bond donors (Lipinski definition) is 0. The molecule has 1 aromatic heterocycles. The number of benzene rings is 1. The summed E-state index contributed by atoms with van der Waals surface area (Å²) in [5.74, 6) is -0.0379. The molecule has 3 rings (SSSR count). The Hall–Kier alpha value is -2.17. The van der Waals surface area contributed by atoms with Crippen LogP contribution in [-0.2, 0) is 0 Å². The molecule has 0 unspecified atom stereocenters. The molecule has 5 heteroatoms. The van der Waals surface area contributed by atoms with Gasteiger partial charge in [-0.05, 0) is 25.0 Å². The maximum Gasteiger partial charge on any atom is 0.276 e. The highest BCUT2D eigenvalue weighted by Crippen LogP contribution is 2.22. The molecule has 1 saturated carbocycles. The van der Waals surface area contributed by atoms with Crippen molar-refractivity contribution in [2.75, 3.05) is 7.05 Å². The molecule has 0 atom stereocenters. The molecule has 1 aliphatic carbocycles. The molecule has 110 valence electrons. The molecule has 0 aliphatic heterocycles. The van der Waals surface area contributed by atoms with Crippen molar-refractivity contribution < 1.29 is 4.79 Å². The number of carbonyl (C=O) groups is 1. The molecule has 0 radical (unpaired) electrons. The quantitative estimate of drug-likeness (QED) is 0.870. The first-order valence-corrected chi connectivity index (χ1v) is 7.50. The molecule has 0 N–H and O–H groups in total. The Kier molecular flexibility index (Phi) is 3.99. The van der Waals surface area contributed by atoms with Gasteiger partial charge in [0.05, 0.1) is 11.9 Å². The smallest absolute Gasteiger partial charge is 0.276 e. The fourth-order valence-electron chi connectivity index (χ4n) is 2.88. The number of amides is 1. The first kappa shape index (κ1) is 13.8. The van der Waals surface area contributed by atoms with Crippen LogP contribution in [-0.4, -0.2) is 38.9 Å². The number of carbonyl (C=O) groups excluding carboxylic acids is 1. The molecule has 2 aromatic rings. The van der Waals surface area contributed by atoms with Crippen molar-refractivity contribution in [3.63, 3.8) is 0 Å². The number of nitrogens with zero attached hydrogens (tertiary/aromatic N) is 4. The van der Waals surface area contributed by atoms with Crippen LogP contribution in [0.15, 0.2) is 36.5 Å². The van der Waals surface area contributed by atoms with Gasteiger partial charge in [0, 0.05) is 13.1 Å². The average molecular weight is 284 g/mol. The number of rotatable bonds is 3. The van der Waals surface area contributed by atoms with E-state index in [1.807, 2.05) is 42.3 Å². The summed E-state index contributed by atoms with van der Waals surface area (Å²) in [6.45, 7) is 0. The Morgan fingerprint density at radius 1 is 1.19 bits per heavy atom. The summed E-state index contributed by atoms with van der Waals surface area (Å²) in [5.41, 5.74) is 1.32. The lowest BCUT2D eigenvalue weighted by molar-refractivity contribution is 0.0690. The summed E-state index contributed by atoms with van der Waals surface area (Å²) in [6, 6.07) is 10.0. The van der Waals surface area contributed by atoms with Crippen LogP contribution in [0.5, 0.6) is 0 Å². The molecule has 21 heavy (non-hydrogen) atoms. The summed E-state index contributed by atoms with van der Waals surface area (Å²) in [6.07, 6.45) is 7.59. The summed E-state index contributed by atoms with van der Waals surface area (Å²) < 4.78 is 1.64. The molecular weight excluding hydrogens is 264 g/mol. The second kappa shape index (κ2) is 6.08. The summed E-state index contributed by atoms with van der Waals surface area (Å²) in [7, 11) is 1.87. The molecule has 1 heterocycles. The Labute approximate surface area is 124 Å². The van der Waals surface area contributed by atoms with Crippen LogP contribution in [0.2, 0.25) is 0 Å². The lowest BCUT2D eigenvalue weighted by atomic mass is 9.94. The van der Waals surface area contributed by atoms with Crippen LogP contribution in [0.4, 0.5) is 0 Å². The van der Waals surface area contributed by atoms with E-state index >= 15 is 0 Å². The number of hydrogen-bond acceptors (Lipinski definition) is 3. The molecule has 1 aliphatic rings. The van der Waals surface area contributed by atoms with Gasteiger partial charge in [0.25, 0.3) is 5.91 Å². The van der Waals surface area contributed by atoms with Gasteiger partial charge >= 0.3 is 0 Å². The third-order valence-corrected chi connectivity index (χ3v) is 4.18. The van der Waals surface area contributed by atoms with Gasteiger partial charge in [-0.2, -0.15) is 0 Å². The highest BCUT2D eigenvalue weighted by Gasteiger charge is 2.24. The Bertz CT molecular complexity index is 602. The highest BCUT2D eigenvalue weighted by molar-refractivity contribution is 5.92. The zero-order valence-corrected chi connectivity index (χ0v) is 12.3. The van der Waals surface area contributed by atoms with E-state index in [1.54, 1.807) is 10.9 Å². The largest absolute Gasteiger partial charge is 0.337 e. The van der Waals surface area contributed by atoms with E-state index in [2.05, 4.69) is 10.3 Å². The first-order valence-electron chi connectivity index (χ1n) is 7.50. The topological polar surface area (TPSA) is 51.0 Å². The predicted octanol–water partition coefficient (Wildman–Crippen LogP) is 2.67. The van der Waals surface area contributed by atoms with Gasteiger partial charge in [-0.1, -0.05) is 42.7 Å². The first-order chi connectivity index (χ1) is 10.3. The van der Waals surface area contributed by atoms with Crippen LogP contribution in [0.25, 0.3) is 5.69 Å². The lowest BCUT2D eigenvalue weighted by Crippen LogP contribution is -2.38. The minimum Gasteiger partial charge on any atom is -0.337 e. The second-order valence-corrected chi connectivity index (χ2v) is 5.59. The highest BCUT2D eigenvalue weighted by atomic mass is 16.2. The maximum atomic E-state index is 12.5. The number of para-hydroxylation sites is 1. The van der Waals surface area contributed by atoms with E-state index in [1.165, 1.54) is 19.3 Å². The van der Waals surface area contributed by atoms with Gasteiger partial charge < -0.3 is 4.90 Å². The molecule has 1 amide bonds. The minimum absolute atomic E-state index is 0.0379. The molecule has 1 aromatic carbocycles. The van der Waals surface area contributed by atoms with Gasteiger partial charge in [0.1, 0.15) is 0 Å². The summed E-state index contributed by atoms with van der Waals surface area (Å²) in [4.78, 5) is 14.3. The Morgan fingerprint density at radius 3 is 2.62 bits per heavy atom. The molecular formula is C16H20N4O. The van der Waals surface area contributed by atoms with E-state index in [-0.39, 0.29) is 5.91 Å². The maximum absolute atomic E-state index is 12.5. The fourth-order valence-corrected chi connectivity index (χ4v) is 2.88.